The lowest BCUT2D eigenvalue weighted by molar-refractivity contribution is 0.924. The zero-order valence-electron chi connectivity index (χ0n) is 16.8. The largest absolute Gasteiger partial charge is 0.388 e. The molecule has 0 saturated heterocycles. The maximum absolute atomic E-state index is 3.52. The zero-order valence-corrected chi connectivity index (χ0v) is 16.8. The van der Waals surface area contributed by atoms with E-state index in [1.165, 1.54) is 39.1 Å². The van der Waals surface area contributed by atoms with Gasteiger partial charge in [0.15, 0.2) is 0 Å². The highest BCUT2D eigenvalue weighted by Crippen LogP contribution is 2.36. The van der Waals surface area contributed by atoms with Crippen LogP contribution in [0.15, 0.2) is 84.4 Å². The monoisotopic (exact) mass is 355 g/mol. The number of hydrogen-bond donors (Lipinski definition) is 1. The molecule has 3 aromatic carbocycles. The molecule has 0 radical (unpaired) electrons. The maximum atomic E-state index is 3.52. The minimum absolute atomic E-state index is 0.222. The molecule has 0 atom stereocenters. The highest BCUT2D eigenvalue weighted by Gasteiger charge is 2.20. The Morgan fingerprint density at radius 2 is 1.41 bits per heavy atom. The van der Waals surface area contributed by atoms with Crippen LogP contribution in [0.5, 0.6) is 0 Å². The van der Waals surface area contributed by atoms with E-state index in [0.717, 1.165) is 6.42 Å². The summed E-state index contributed by atoms with van der Waals surface area (Å²) in [7, 11) is 2.04. The zero-order chi connectivity index (χ0) is 19.2. The van der Waals surface area contributed by atoms with Gasteiger partial charge in [-0.1, -0.05) is 85.3 Å². The summed E-state index contributed by atoms with van der Waals surface area (Å²) in [6, 6.07) is 28.4. The summed E-state index contributed by atoms with van der Waals surface area (Å²) in [5.41, 5.74) is 9.19. The van der Waals surface area contributed by atoms with Crippen LogP contribution in [0.1, 0.15) is 47.6 Å². The average Bonchev–Trinajstić information content (AvgIpc) is 2.71. The van der Waals surface area contributed by atoms with Crippen LogP contribution in [-0.4, -0.2) is 7.05 Å². The summed E-state index contributed by atoms with van der Waals surface area (Å²) in [6.07, 6.45) is 1.02. The fourth-order valence-electron chi connectivity index (χ4n) is 3.90. The van der Waals surface area contributed by atoms with E-state index in [9.17, 15) is 0 Å². The summed E-state index contributed by atoms with van der Waals surface area (Å²) >= 11 is 0. The molecule has 0 aromatic heterocycles. The normalized spacial score (nSPS) is 12.0. The molecule has 0 spiro atoms. The third-order valence-electron chi connectivity index (χ3n) is 5.26. The molecule has 0 unspecified atom stereocenters. The number of aryl methyl sites for hydroxylation is 2. The van der Waals surface area contributed by atoms with E-state index in [1.54, 1.807) is 0 Å². The van der Waals surface area contributed by atoms with E-state index < -0.39 is 0 Å². The number of benzene rings is 3. The van der Waals surface area contributed by atoms with Gasteiger partial charge < -0.3 is 5.32 Å². The van der Waals surface area contributed by atoms with E-state index in [-0.39, 0.29) is 5.92 Å². The summed E-state index contributed by atoms with van der Waals surface area (Å²) in [6.45, 7) is 6.65. The molecule has 0 amide bonds. The van der Waals surface area contributed by atoms with Gasteiger partial charge in [0.25, 0.3) is 0 Å². The van der Waals surface area contributed by atoms with Gasteiger partial charge in [-0.2, -0.15) is 0 Å². The number of allylic oxidation sites excluding steroid dienone is 1. The van der Waals surface area contributed by atoms with Gasteiger partial charge in [-0.3, -0.25) is 0 Å². The first-order valence-corrected chi connectivity index (χ1v) is 9.74. The molecule has 0 saturated carbocycles. The Kier molecular flexibility index (Phi) is 6.13. The standard InChI is InChI=1S/C26H29N/c1-5-21-17-16-19(2)18-24(21)26(27-4)20(3)25(22-12-8-6-9-13-22)23-14-10-7-11-15-23/h6-18,25,27H,5H2,1-4H3/b26-20-. The van der Waals surface area contributed by atoms with E-state index in [1.807, 2.05) is 7.05 Å². The van der Waals surface area contributed by atoms with Gasteiger partial charge >= 0.3 is 0 Å². The molecule has 3 rings (SSSR count). The van der Waals surface area contributed by atoms with Crippen molar-refractivity contribution in [3.8, 4) is 0 Å². The number of rotatable bonds is 6. The first kappa shape index (κ1) is 19.0. The molecule has 0 aliphatic heterocycles. The van der Waals surface area contributed by atoms with Crippen molar-refractivity contribution in [2.24, 2.45) is 0 Å². The van der Waals surface area contributed by atoms with Gasteiger partial charge in [0, 0.05) is 24.2 Å². The van der Waals surface area contributed by atoms with Crippen molar-refractivity contribution in [3.63, 3.8) is 0 Å². The van der Waals surface area contributed by atoms with Crippen LogP contribution in [0.4, 0.5) is 0 Å². The first-order valence-electron chi connectivity index (χ1n) is 9.74. The number of hydrogen-bond acceptors (Lipinski definition) is 1. The fraction of sp³-hybridized carbons (Fsp3) is 0.231. The van der Waals surface area contributed by atoms with Crippen LogP contribution in [0.25, 0.3) is 5.70 Å². The highest BCUT2D eigenvalue weighted by atomic mass is 14.8. The van der Waals surface area contributed by atoms with Crippen LogP contribution in [0, 0.1) is 6.92 Å². The molecule has 3 aromatic rings. The Balaban J connectivity index is 2.22. The van der Waals surface area contributed by atoms with Crippen molar-refractivity contribution in [1.82, 2.24) is 5.32 Å². The quantitative estimate of drug-likeness (QED) is 0.544. The van der Waals surface area contributed by atoms with Crippen LogP contribution in [0.3, 0.4) is 0 Å². The van der Waals surface area contributed by atoms with Crippen molar-refractivity contribution in [2.45, 2.75) is 33.1 Å². The van der Waals surface area contributed by atoms with E-state index in [0.29, 0.717) is 0 Å². The Hall–Kier alpha value is -2.80. The highest BCUT2D eigenvalue weighted by molar-refractivity contribution is 5.72. The Morgan fingerprint density at radius 3 is 1.89 bits per heavy atom. The van der Waals surface area contributed by atoms with Gasteiger partial charge in [-0.05, 0) is 48.6 Å². The van der Waals surface area contributed by atoms with Gasteiger partial charge in [0.2, 0.25) is 0 Å². The van der Waals surface area contributed by atoms with Crippen molar-refractivity contribution in [2.75, 3.05) is 7.05 Å². The van der Waals surface area contributed by atoms with Gasteiger partial charge in [0.05, 0.1) is 0 Å². The lowest BCUT2D eigenvalue weighted by Gasteiger charge is -2.24. The van der Waals surface area contributed by atoms with Gasteiger partial charge in [-0.25, -0.2) is 0 Å². The van der Waals surface area contributed by atoms with E-state index in [2.05, 4.69) is 105 Å². The SMILES string of the molecule is CCc1ccc(C)cc1/C(NC)=C(\C)C(c1ccccc1)c1ccccc1. The van der Waals surface area contributed by atoms with Crippen LogP contribution >= 0.6 is 0 Å². The molecule has 0 heterocycles. The average molecular weight is 356 g/mol. The molecule has 1 heteroatoms. The lowest BCUT2D eigenvalue weighted by atomic mass is 9.83. The Bertz CT molecular complexity index is 868. The predicted molar refractivity (Wildman–Crippen MR) is 117 cm³/mol. The molecule has 0 aliphatic rings. The van der Waals surface area contributed by atoms with E-state index >= 15 is 0 Å². The molecule has 138 valence electrons. The molecule has 0 bridgehead atoms. The summed E-state index contributed by atoms with van der Waals surface area (Å²) in [5, 5.41) is 3.52. The van der Waals surface area contributed by atoms with Gasteiger partial charge in [-0.15, -0.1) is 0 Å². The van der Waals surface area contributed by atoms with Gasteiger partial charge in [0.1, 0.15) is 0 Å². The lowest BCUT2D eigenvalue weighted by Crippen LogP contribution is -2.14. The molecule has 27 heavy (non-hydrogen) atoms. The molecular weight excluding hydrogens is 326 g/mol. The summed E-state index contributed by atoms with van der Waals surface area (Å²) < 4.78 is 0. The molecule has 0 fully saturated rings. The van der Waals surface area contributed by atoms with Crippen LogP contribution in [0.2, 0.25) is 0 Å². The van der Waals surface area contributed by atoms with Crippen molar-refractivity contribution in [3.05, 3.63) is 112 Å². The molecule has 1 nitrogen and oxygen atoms in total. The van der Waals surface area contributed by atoms with Crippen molar-refractivity contribution in [1.29, 1.82) is 0 Å². The Morgan fingerprint density at radius 1 is 0.852 bits per heavy atom. The predicted octanol–water partition coefficient (Wildman–Crippen LogP) is 6.34. The maximum Gasteiger partial charge on any atom is 0.0412 e. The number of nitrogens with one attached hydrogen (secondary N) is 1. The second-order valence-corrected chi connectivity index (χ2v) is 7.08. The summed E-state index contributed by atoms with van der Waals surface area (Å²) in [5.74, 6) is 0.222. The van der Waals surface area contributed by atoms with Crippen LogP contribution < -0.4 is 5.32 Å². The van der Waals surface area contributed by atoms with Crippen molar-refractivity contribution >= 4 is 5.70 Å². The van der Waals surface area contributed by atoms with Crippen molar-refractivity contribution < 1.29 is 0 Å². The summed E-state index contributed by atoms with van der Waals surface area (Å²) in [4.78, 5) is 0. The minimum atomic E-state index is 0.222. The second-order valence-electron chi connectivity index (χ2n) is 7.08. The third kappa shape index (κ3) is 4.14. The topological polar surface area (TPSA) is 12.0 Å². The fourth-order valence-corrected chi connectivity index (χ4v) is 3.90. The molecule has 1 N–H and O–H groups in total. The first-order chi connectivity index (χ1) is 13.2. The third-order valence-corrected chi connectivity index (χ3v) is 5.26. The van der Waals surface area contributed by atoms with Crippen LogP contribution in [-0.2, 0) is 6.42 Å². The van der Waals surface area contributed by atoms with E-state index in [4.69, 9.17) is 0 Å². The molecular formula is C26H29N. The smallest absolute Gasteiger partial charge is 0.0412 e. The molecule has 0 aliphatic carbocycles. The Labute approximate surface area is 163 Å². The second kappa shape index (κ2) is 8.73. The minimum Gasteiger partial charge on any atom is -0.388 e.